The molecule has 0 aliphatic carbocycles. The van der Waals surface area contributed by atoms with E-state index in [0.29, 0.717) is 0 Å². The maximum atomic E-state index is 4.29. The Bertz CT molecular complexity index is 873. The van der Waals surface area contributed by atoms with Gasteiger partial charge in [0.05, 0.1) is 0 Å². The summed E-state index contributed by atoms with van der Waals surface area (Å²) in [6, 6.07) is 19.0. The minimum atomic E-state index is 0.725. The molecule has 0 radical (unpaired) electrons. The molecule has 0 fully saturated rings. The quantitative estimate of drug-likeness (QED) is 0.453. The number of aliphatic imine (C=N–C) groups is 1. The minimum absolute atomic E-state index is 0.725. The van der Waals surface area contributed by atoms with Gasteiger partial charge in [-0.1, -0.05) is 49.0 Å². The highest BCUT2D eigenvalue weighted by atomic mass is 32.2. The van der Waals surface area contributed by atoms with Crippen LogP contribution < -0.4 is 10.6 Å². The first kappa shape index (κ1) is 19.9. The summed E-state index contributed by atoms with van der Waals surface area (Å²) < 4.78 is 2.06. The number of nitrogens with one attached hydrogen (secondary N) is 2. The highest BCUT2D eigenvalue weighted by Gasteiger charge is 2.03. The van der Waals surface area contributed by atoms with Gasteiger partial charge in [-0.25, -0.2) is 0 Å². The summed E-state index contributed by atoms with van der Waals surface area (Å²) >= 11 is 1.77. The lowest BCUT2D eigenvalue weighted by atomic mass is 10.2. The molecule has 3 aromatic rings. The maximum absolute atomic E-state index is 4.29. The first-order chi connectivity index (χ1) is 13.8. The van der Waals surface area contributed by atoms with E-state index in [-0.39, 0.29) is 0 Å². The van der Waals surface area contributed by atoms with Crippen molar-refractivity contribution in [2.45, 2.75) is 36.2 Å². The van der Waals surface area contributed by atoms with Gasteiger partial charge in [-0.2, -0.15) is 0 Å². The molecule has 6 nitrogen and oxygen atoms in total. The smallest absolute Gasteiger partial charge is 0.191 e. The van der Waals surface area contributed by atoms with Crippen molar-refractivity contribution in [2.24, 2.45) is 4.99 Å². The van der Waals surface area contributed by atoms with Crippen LogP contribution in [0.2, 0.25) is 0 Å². The van der Waals surface area contributed by atoms with Crippen molar-refractivity contribution in [1.29, 1.82) is 0 Å². The lowest BCUT2D eigenvalue weighted by Gasteiger charge is -2.13. The van der Waals surface area contributed by atoms with Crippen LogP contribution in [-0.2, 0) is 19.5 Å². The van der Waals surface area contributed by atoms with Crippen molar-refractivity contribution in [2.75, 3.05) is 13.6 Å². The molecule has 0 atom stereocenters. The number of guanidine groups is 1. The van der Waals surface area contributed by atoms with E-state index in [1.165, 1.54) is 15.4 Å². The van der Waals surface area contributed by atoms with Gasteiger partial charge in [-0.05, 0) is 29.8 Å². The molecule has 28 heavy (non-hydrogen) atoms. The Morgan fingerprint density at radius 2 is 1.79 bits per heavy atom. The van der Waals surface area contributed by atoms with Crippen LogP contribution in [0, 0.1) is 0 Å². The van der Waals surface area contributed by atoms with E-state index in [9.17, 15) is 0 Å². The predicted molar refractivity (Wildman–Crippen MR) is 115 cm³/mol. The number of benzene rings is 2. The van der Waals surface area contributed by atoms with Crippen molar-refractivity contribution < 1.29 is 0 Å². The van der Waals surface area contributed by atoms with Gasteiger partial charge in [-0.3, -0.25) is 4.99 Å². The molecule has 0 amide bonds. The lowest BCUT2D eigenvalue weighted by molar-refractivity contribution is 0.632. The third-order valence-electron chi connectivity index (χ3n) is 4.24. The van der Waals surface area contributed by atoms with Gasteiger partial charge in [-0.15, -0.1) is 10.2 Å². The second-order valence-electron chi connectivity index (χ2n) is 6.21. The Balaban J connectivity index is 1.44. The molecule has 2 N–H and O–H groups in total. The second kappa shape index (κ2) is 10.5. The van der Waals surface area contributed by atoms with E-state index in [1.54, 1.807) is 25.1 Å². The van der Waals surface area contributed by atoms with E-state index in [2.05, 4.69) is 85.8 Å². The Morgan fingerprint density at radius 1 is 1.04 bits per heavy atom. The fourth-order valence-electron chi connectivity index (χ4n) is 2.74. The molecule has 0 bridgehead atoms. The van der Waals surface area contributed by atoms with Crippen LogP contribution in [0.1, 0.15) is 18.3 Å². The largest absolute Gasteiger partial charge is 0.355 e. The molecule has 146 valence electrons. The molecule has 0 unspecified atom stereocenters. The van der Waals surface area contributed by atoms with Gasteiger partial charge >= 0.3 is 0 Å². The Labute approximate surface area is 170 Å². The molecule has 0 spiro atoms. The summed E-state index contributed by atoms with van der Waals surface area (Å²) in [5.41, 5.74) is 1.22. The van der Waals surface area contributed by atoms with Gasteiger partial charge in [0.25, 0.3) is 0 Å². The minimum Gasteiger partial charge on any atom is -0.355 e. The van der Waals surface area contributed by atoms with E-state index in [4.69, 9.17) is 0 Å². The molecule has 1 heterocycles. The third kappa shape index (κ3) is 5.85. The summed E-state index contributed by atoms with van der Waals surface area (Å²) in [6.45, 7) is 4.38. The lowest BCUT2D eigenvalue weighted by Crippen LogP contribution is -2.38. The van der Waals surface area contributed by atoms with Crippen molar-refractivity contribution in [1.82, 2.24) is 25.4 Å². The van der Waals surface area contributed by atoms with Crippen LogP contribution in [0.5, 0.6) is 0 Å². The summed E-state index contributed by atoms with van der Waals surface area (Å²) in [5.74, 6) is 1.78. The highest BCUT2D eigenvalue weighted by molar-refractivity contribution is 7.99. The molecular formula is C21H26N6S. The molecule has 0 aliphatic rings. The van der Waals surface area contributed by atoms with Crippen LogP contribution in [0.15, 0.2) is 75.7 Å². The maximum Gasteiger partial charge on any atom is 0.191 e. The first-order valence-corrected chi connectivity index (χ1v) is 10.2. The van der Waals surface area contributed by atoms with Gasteiger partial charge in [0.1, 0.15) is 12.2 Å². The predicted octanol–water partition coefficient (Wildman–Crippen LogP) is 3.36. The van der Waals surface area contributed by atoms with Crippen LogP contribution in [0.25, 0.3) is 0 Å². The standard InChI is InChI=1S/C21H26N6S/c1-3-20-26-25-16-27(20)14-13-23-21(22-2)24-15-17-9-11-19(12-10-17)28-18-7-5-4-6-8-18/h4-12,16H,3,13-15H2,1-2H3,(H2,22,23,24). The van der Waals surface area contributed by atoms with E-state index in [1.807, 2.05) is 6.07 Å². The Kier molecular flexibility index (Phi) is 7.49. The topological polar surface area (TPSA) is 67.1 Å². The number of nitrogens with zero attached hydrogens (tertiary/aromatic N) is 4. The van der Waals surface area contributed by atoms with Gasteiger partial charge in [0, 0.05) is 42.9 Å². The van der Waals surface area contributed by atoms with Crippen LogP contribution in [0.4, 0.5) is 0 Å². The first-order valence-electron chi connectivity index (χ1n) is 9.41. The van der Waals surface area contributed by atoms with Crippen LogP contribution >= 0.6 is 11.8 Å². The summed E-state index contributed by atoms with van der Waals surface area (Å²) in [4.78, 5) is 6.77. The monoisotopic (exact) mass is 394 g/mol. The summed E-state index contributed by atoms with van der Waals surface area (Å²) in [6.07, 6.45) is 2.65. The normalized spacial score (nSPS) is 11.4. The van der Waals surface area contributed by atoms with Crippen LogP contribution in [-0.4, -0.2) is 34.3 Å². The molecule has 3 rings (SSSR count). The zero-order chi connectivity index (χ0) is 19.6. The summed E-state index contributed by atoms with van der Waals surface area (Å²) in [5, 5.41) is 14.7. The Morgan fingerprint density at radius 3 is 2.50 bits per heavy atom. The second-order valence-corrected chi connectivity index (χ2v) is 7.35. The number of rotatable bonds is 8. The zero-order valence-corrected chi connectivity index (χ0v) is 17.1. The number of hydrogen-bond donors (Lipinski definition) is 2. The van der Waals surface area contributed by atoms with E-state index in [0.717, 1.165) is 37.8 Å². The average molecular weight is 395 g/mol. The van der Waals surface area contributed by atoms with Crippen molar-refractivity contribution in [3.8, 4) is 0 Å². The van der Waals surface area contributed by atoms with E-state index >= 15 is 0 Å². The molecule has 0 aliphatic heterocycles. The number of aryl methyl sites for hydroxylation is 1. The molecule has 2 aromatic carbocycles. The SMILES string of the molecule is CCc1nncn1CCNC(=NC)NCc1ccc(Sc2ccccc2)cc1. The molecule has 7 heteroatoms. The fourth-order valence-corrected chi connectivity index (χ4v) is 3.58. The molecule has 1 aromatic heterocycles. The molecule has 0 saturated carbocycles. The fraction of sp³-hybridized carbons (Fsp3) is 0.286. The average Bonchev–Trinajstić information content (AvgIpc) is 3.20. The van der Waals surface area contributed by atoms with Gasteiger partial charge < -0.3 is 15.2 Å². The third-order valence-corrected chi connectivity index (χ3v) is 5.26. The van der Waals surface area contributed by atoms with Crippen LogP contribution in [0.3, 0.4) is 0 Å². The van der Waals surface area contributed by atoms with E-state index < -0.39 is 0 Å². The number of hydrogen-bond acceptors (Lipinski definition) is 4. The van der Waals surface area contributed by atoms with Crippen molar-refractivity contribution >= 4 is 17.7 Å². The van der Waals surface area contributed by atoms with Crippen molar-refractivity contribution in [3.05, 3.63) is 72.3 Å². The molecular weight excluding hydrogens is 368 g/mol. The van der Waals surface area contributed by atoms with Gasteiger partial charge in [0.15, 0.2) is 5.96 Å². The summed E-state index contributed by atoms with van der Waals surface area (Å²) in [7, 11) is 1.78. The Hall–Kier alpha value is -2.80. The number of aromatic nitrogens is 3. The highest BCUT2D eigenvalue weighted by Crippen LogP contribution is 2.27. The molecule has 0 saturated heterocycles. The van der Waals surface area contributed by atoms with Gasteiger partial charge in [0.2, 0.25) is 0 Å². The zero-order valence-electron chi connectivity index (χ0n) is 16.3. The van der Waals surface area contributed by atoms with Crippen molar-refractivity contribution in [3.63, 3.8) is 0 Å².